The topological polar surface area (TPSA) is 81.2 Å². The van der Waals surface area contributed by atoms with Crippen molar-refractivity contribution in [2.75, 3.05) is 0 Å². The molecule has 38 heavy (non-hydrogen) atoms. The Morgan fingerprint density at radius 1 is 0.974 bits per heavy atom. The van der Waals surface area contributed by atoms with Crippen LogP contribution in [0, 0.1) is 6.92 Å². The maximum absolute atomic E-state index is 14.7. The number of rotatable bonds is 5. The van der Waals surface area contributed by atoms with Gasteiger partial charge in [-0.05, 0) is 60.0 Å². The van der Waals surface area contributed by atoms with Gasteiger partial charge in [-0.2, -0.15) is 31.4 Å². The molecule has 0 aliphatic heterocycles. The first-order valence-electron chi connectivity index (χ1n) is 10.8. The fourth-order valence-electron chi connectivity index (χ4n) is 3.88. The van der Waals surface area contributed by atoms with E-state index in [1.54, 1.807) is 30.3 Å². The van der Waals surface area contributed by atoms with E-state index in [2.05, 4.69) is 21.0 Å². The van der Waals surface area contributed by atoms with Crippen molar-refractivity contribution in [1.82, 2.24) is 14.7 Å². The van der Waals surface area contributed by atoms with E-state index < -0.39 is 41.6 Å². The first-order valence-corrected chi connectivity index (χ1v) is 11.6. The Morgan fingerprint density at radius 3 is 1.97 bits per heavy atom. The highest BCUT2D eigenvalue weighted by Crippen LogP contribution is 2.53. The molecule has 1 heterocycles. The van der Waals surface area contributed by atoms with Crippen molar-refractivity contribution in [1.29, 1.82) is 0 Å². The molecule has 0 spiro atoms. The average molecular weight is 609 g/mol. The van der Waals surface area contributed by atoms with Crippen LogP contribution in [0.1, 0.15) is 35.5 Å². The summed E-state index contributed by atoms with van der Waals surface area (Å²) in [6.07, 6.45) is -12.6. The number of nitrogens with two attached hydrogens (primary N) is 1. The quantitative estimate of drug-likeness (QED) is 0.322. The van der Waals surface area contributed by atoms with E-state index in [4.69, 9.17) is 5.73 Å². The van der Waals surface area contributed by atoms with E-state index in [-0.39, 0.29) is 27.0 Å². The van der Waals surface area contributed by atoms with Crippen LogP contribution in [0.5, 0.6) is 0 Å². The number of hydrogen-bond donors (Lipinski definition) is 1. The Bertz CT molecular complexity index is 1350. The predicted octanol–water partition coefficient (Wildman–Crippen LogP) is 6.83. The van der Waals surface area contributed by atoms with Gasteiger partial charge in [-0.3, -0.25) is 9.69 Å². The number of aromatic nitrogens is 2. The summed E-state index contributed by atoms with van der Waals surface area (Å²) < 4.78 is 95.8. The van der Waals surface area contributed by atoms with Crippen molar-refractivity contribution in [2.45, 2.75) is 44.8 Å². The lowest BCUT2D eigenvalue weighted by Gasteiger charge is -2.30. The minimum Gasteiger partial charge on any atom is -0.351 e. The first-order chi connectivity index (χ1) is 17.4. The van der Waals surface area contributed by atoms with Gasteiger partial charge in [0.15, 0.2) is 5.69 Å². The number of halogens is 8. The van der Waals surface area contributed by atoms with E-state index in [0.29, 0.717) is 22.7 Å². The molecule has 0 radical (unpaired) electrons. The summed E-state index contributed by atoms with van der Waals surface area (Å²) in [5.41, 5.74) is -2.21. The van der Waals surface area contributed by atoms with Crippen molar-refractivity contribution in [3.63, 3.8) is 0 Å². The molecular formula is C24H20BrF7N4O2. The van der Waals surface area contributed by atoms with E-state index >= 15 is 0 Å². The van der Waals surface area contributed by atoms with Gasteiger partial charge in [-0.25, -0.2) is 13.9 Å². The molecule has 204 valence electrons. The third-order valence-electron chi connectivity index (χ3n) is 5.68. The third kappa shape index (κ3) is 4.88. The fourth-order valence-corrected chi connectivity index (χ4v) is 4.56. The smallest absolute Gasteiger partial charge is 0.351 e. The van der Waals surface area contributed by atoms with Crippen LogP contribution in [-0.4, -0.2) is 45.0 Å². The van der Waals surface area contributed by atoms with E-state index in [9.17, 15) is 40.3 Å². The summed E-state index contributed by atoms with van der Waals surface area (Å²) in [5.74, 6) is -0.966. The third-order valence-corrected chi connectivity index (χ3v) is 6.41. The summed E-state index contributed by atoms with van der Waals surface area (Å²) in [5, 5.41) is 4.27. The normalized spacial score (nSPS) is 12.6. The van der Waals surface area contributed by atoms with Crippen molar-refractivity contribution >= 4 is 27.9 Å². The summed E-state index contributed by atoms with van der Waals surface area (Å²) in [6.45, 7) is 4.16. The lowest BCUT2D eigenvalue weighted by atomic mass is 9.89. The Kier molecular flexibility index (Phi) is 7.70. The number of amides is 3. The van der Waals surface area contributed by atoms with Gasteiger partial charge in [0.1, 0.15) is 4.60 Å². The lowest BCUT2D eigenvalue weighted by molar-refractivity contribution is -0.348. The molecule has 3 amide bonds. The van der Waals surface area contributed by atoms with E-state index in [1.165, 1.54) is 18.5 Å². The van der Waals surface area contributed by atoms with Crippen LogP contribution in [0.2, 0.25) is 0 Å². The number of aryl methyl sites for hydroxylation is 1. The molecule has 0 bridgehead atoms. The van der Waals surface area contributed by atoms with Crippen molar-refractivity contribution < 1.29 is 40.3 Å². The van der Waals surface area contributed by atoms with Gasteiger partial charge in [0.25, 0.3) is 5.91 Å². The zero-order valence-corrected chi connectivity index (χ0v) is 21.5. The molecule has 0 fully saturated rings. The number of nitrogens with zero attached hydrogens (tertiary/aromatic N) is 3. The van der Waals surface area contributed by atoms with E-state index in [0.717, 1.165) is 13.0 Å². The molecule has 3 aromatic rings. The zero-order chi connectivity index (χ0) is 28.8. The van der Waals surface area contributed by atoms with Gasteiger partial charge in [0, 0.05) is 17.2 Å². The van der Waals surface area contributed by atoms with E-state index in [1.807, 2.05) is 0 Å². The molecule has 3 rings (SSSR count). The van der Waals surface area contributed by atoms with Gasteiger partial charge in [-0.15, -0.1) is 0 Å². The maximum Gasteiger partial charge on any atom is 0.435 e. The van der Waals surface area contributed by atoms with Gasteiger partial charge in [-0.1, -0.05) is 36.4 Å². The summed E-state index contributed by atoms with van der Waals surface area (Å²) in [6, 6.07) is 8.00. The highest BCUT2D eigenvalue weighted by atomic mass is 79.9. The van der Waals surface area contributed by atoms with Crippen LogP contribution < -0.4 is 5.73 Å². The molecule has 0 saturated heterocycles. The summed E-state index contributed by atoms with van der Waals surface area (Å²) in [7, 11) is 0. The molecule has 6 nitrogen and oxygen atoms in total. The number of para-hydroxylation sites is 1. The van der Waals surface area contributed by atoms with Gasteiger partial charge >= 0.3 is 24.1 Å². The van der Waals surface area contributed by atoms with Gasteiger partial charge in [0.2, 0.25) is 0 Å². The van der Waals surface area contributed by atoms with Crippen molar-refractivity contribution in [2.24, 2.45) is 5.73 Å². The second-order valence-electron chi connectivity index (χ2n) is 8.55. The standard InChI is InChI=1S/C24H20BrF7N4O2/c1-12(2)35(21(33)38)20(37)18-17(19(25)36(34-18)15-7-5-4-6-8-15)16-10-9-14(11-13(16)3)22(26,23(27,28)29)24(30,31)32/h4-12H,1-3H3,(H2,33,38). The number of alkyl halides is 7. The van der Waals surface area contributed by atoms with Crippen LogP contribution in [0.25, 0.3) is 16.8 Å². The number of carbonyl (C=O) groups excluding carboxylic acids is 2. The lowest BCUT2D eigenvalue weighted by Crippen LogP contribution is -2.50. The SMILES string of the molecule is Cc1cc(C(F)(C(F)(F)F)C(F)(F)F)ccc1-c1c(C(=O)N(C(N)=O)C(C)C)nn(-c2ccccc2)c1Br. The Morgan fingerprint density at radius 2 is 1.53 bits per heavy atom. The molecule has 14 heteroatoms. The van der Waals surface area contributed by atoms with Crippen LogP contribution in [0.4, 0.5) is 35.5 Å². The monoisotopic (exact) mass is 608 g/mol. The molecule has 2 aromatic carbocycles. The second-order valence-corrected chi connectivity index (χ2v) is 9.30. The molecule has 0 aliphatic rings. The minimum atomic E-state index is -6.29. The van der Waals surface area contributed by atoms with Gasteiger partial charge in [0.05, 0.1) is 5.69 Å². The largest absolute Gasteiger partial charge is 0.435 e. The number of hydrogen-bond acceptors (Lipinski definition) is 3. The highest BCUT2D eigenvalue weighted by Gasteiger charge is 2.73. The number of imide groups is 1. The molecule has 2 N–H and O–H groups in total. The van der Waals surface area contributed by atoms with Gasteiger partial charge < -0.3 is 5.73 Å². The fraction of sp³-hybridized carbons (Fsp3) is 0.292. The molecular weight excluding hydrogens is 589 g/mol. The van der Waals surface area contributed by atoms with Crippen molar-refractivity contribution in [3.8, 4) is 16.8 Å². The number of benzene rings is 2. The molecule has 0 aliphatic carbocycles. The maximum atomic E-state index is 14.7. The minimum absolute atomic E-state index is 0.0361. The first kappa shape index (κ1) is 29.1. The second kappa shape index (κ2) is 10.0. The highest BCUT2D eigenvalue weighted by molar-refractivity contribution is 9.10. The Balaban J connectivity index is 2.31. The van der Waals surface area contributed by atoms with Crippen LogP contribution in [0.3, 0.4) is 0 Å². The molecule has 0 unspecified atom stereocenters. The number of urea groups is 1. The van der Waals surface area contributed by atoms with Crippen LogP contribution >= 0.6 is 15.9 Å². The molecule has 0 atom stereocenters. The number of carbonyl (C=O) groups is 2. The van der Waals surface area contributed by atoms with Crippen LogP contribution in [-0.2, 0) is 5.67 Å². The Labute approximate surface area is 220 Å². The molecule has 1 aromatic heterocycles. The van der Waals surface area contributed by atoms with Crippen molar-refractivity contribution in [3.05, 3.63) is 70.0 Å². The average Bonchev–Trinajstić information content (AvgIpc) is 3.14. The summed E-state index contributed by atoms with van der Waals surface area (Å²) >= 11 is 3.30. The predicted molar refractivity (Wildman–Crippen MR) is 127 cm³/mol. The zero-order valence-electron chi connectivity index (χ0n) is 20.0. The molecule has 0 saturated carbocycles. The van der Waals surface area contributed by atoms with Crippen LogP contribution in [0.15, 0.2) is 53.1 Å². The Hall–Kier alpha value is -3.42. The number of primary amides is 1. The summed E-state index contributed by atoms with van der Waals surface area (Å²) in [4.78, 5) is 26.1.